The van der Waals surface area contributed by atoms with Gasteiger partial charge >= 0.3 is 6.18 Å². The van der Waals surface area contributed by atoms with E-state index >= 15 is 0 Å². The average molecular weight is 397 g/mol. The van der Waals surface area contributed by atoms with Gasteiger partial charge in [0.05, 0.1) is 17.2 Å². The molecule has 1 amide bonds. The lowest BCUT2D eigenvalue weighted by Gasteiger charge is -2.39. The van der Waals surface area contributed by atoms with Crippen LogP contribution in [0.5, 0.6) is 0 Å². The molecule has 156 valence electrons. The number of carbonyl (C=O) groups excluding carboxylic acids is 1. The monoisotopic (exact) mass is 397 g/mol. The third-order valence-corrected chi connectivity index (χ3v) is 4.34. The van der Waals surface area contributed by atoms with Gasteiger partial charge in [-0.15, -0.1) is 0 Å². The first-order valence-electron chi connectivity index (χ1n) is 9.41. The predicted octanol–water partition coefficient (Wildman–Crippen LogP) is 5.08. The van der Waals surface area contributed by atoms with Crippen LogP contribution < -0.4 is 4.90 Å². The topological polar surface area (TPSA) is 47.3 Å². The van der Waals surface area contributed by atoms with Crippen LogP contribution in [0, 0.1) is 16.7 Å². The van der Waals surface area contributed by atoms with E-state index in [4.69, 9.17) is 5.26 Å². The molecule has 1 aromatic carbocycles. The van der Waals surface area contributed by atoms with E-state index in [0.717, 1.165) is 18.9 Å². The molecule has 0 fully saturated rings. The standard InChI is InChI=1S/C21H30F3N3O/c1-7-8-9-18(19(28)26(5)6)27(14-20(2,3)4)16-11-10-15(13-25)17(12-16)21(22,23)24/h10-12,18H,7-9,14H2,1-6H3/t18-/m0/s1. The Kier molecular flexibility index (Phi) is 7.92. The molecule has 0 radical (unpaired) electrons. The van der Waals surface area contributed by atoms with Gasteiger partial charge in [0.1, 0.15) is 6.04 Å². The molecular weight excluding hydrogens is 367 g/mol. The second-order valence-electron chi connectivity index (χ2n) is 8.42. The summed E-state index contributed by atoms with van der Waals surface area (Å²) in [6, 6.07) is 4.72. The largest absolute Gasteiger partial charge is 0.417 e. The van der Waals surface area contributed by atoms with Crippen LogP contribution in [0.15, 0.2) is 18.2 Å². The number of nitrogens with zero attached hydrogens (tertiary/aromatic N) is 3. The first-order chi connectivity index (χ1) is 12.8. The van der Waals surface area contributed by atoms with Crippen molar-refractivity contribution in [3.8, 4) is 6.07 Å². The highest BCUT2D eigenvalue weighted by Gasteiger charge is 2.36. The molecule has 0 saturated heterocycles. The van der Waals surface area contributed by atoms with Gasteiger partial charge in [0.15, 0.2) is 0 Å². The van der Waals surface area contributed by atoms with Gasteiger partial charge in [0.2, 0.25) is 5.91 Å². The maximum absolute atomic E-state index is 13.5. The number of nitriles is 1. The molecule has 4 nitrogen and oxygen atoms in total. The van der Waals surface area contributed by atoms with Crippen LogP contribution in [-0.2, 0) is 11.0 Å². The van der Waals surface area contributed by atoms with E-state index < -0.39 is 23.3 Å². The second kappa shape index (κ2) is 9.31. The maximum Gasteiger partial charge on any atom is 0.417 e. The van der Waals surface area contributed by atoms with Gasteiger partial charge in [0, 0.05) is 26.3 Å². The molecule has 7 heteroatoms. The minimum Gasteiger partial charge on any atom is -0.359 e. The van der Waals surface area contributed by atoms with Crippen LogP contribution in [0.25, 0.3) is 0 Å². The molecule has 0 aliphatic carbocycles. The van der Waals surface area contributed by atoms with Gasteiger partial charge < -0.3 is 9.80 Å². The fourth-order valence-corrected chi connectivity index (χ4v) is 3.04. The number of amides is 1. The number of hydrogen-bond acceptors (Lipinski definition) is 3. The molecule has 0 heterocycles. The summed E-state index contributed by atoms with van der Waals surface area (Å²) >= 11 is 0. The summed E-state index contributed by atoms with van der Waals surface area (Å²) < 4.78 is 40.4. The van der Waals surface area contributed by atoms with Crippen molar-refractivity contribution in [1.29, 1.82) is 5.26 Å². The number of rotatable bonds is 7. The lowest BCUT2D eigenvalue weighted by molar-refractivity contribution is -0.137. The Bertz CT molecular complexity index is 715. The quantitative estimate of drug-likeness (QED) is 0.645. The van der Waals surface area contributed by atoms with Crippen molar-refractivity contribution in [2.75, 3.05) is 25.5 Å². The highest BCUT2D eigenvalue weighted by atomic mass is 19.4. The van der Waals surface area contributed by atoms with Crippen LogP contribution in [0.3, 0.4) is 0 Å². The Balaban J connectivity index is 3.56. The maximum atomic E-state index is 13.5. The Morgan fingerprint density at radius 2 is 1.82 bits per heavy atom. The minimum absolute atomic E-state index is 0.143. The number of likely N-dealkylation sites (N-methyl/N-ethyl adjacent to an activating group) is 1. The van der Waals surface area contributed by atoms with Crippen molar-refractivity contribution in [1.82, 2.24) is 4.90 Å². The highest BCUT2D eigenvalue weighted by Crippen LogP contribution is 2.36. The van der Waals surface area contributed by atoms with E-state index in [9.17, 15) is 18.0 Å². The van der Waals surface area contributed by atoms with Gasteiger partial charge in [-0.05, 0) is 30.0 Å². The van der Waals surface area contributed by atoms with Crippen LogP contribution in [0.2, 0.25) is 0 Å². The van der Waals surface area contributed by atoms with Crippen molar-refractivity contribution >= 4 is 11.6 Å². The summed E-state index contributed by atoms with van der Waals surface area (Å²) in [5.41, 5.74) is -1.34. The highest BCUT2D eigenvalue weighted by molar-refractivity contribution is 5.85. The number of benzene rings is 1. The van der Waals surface area contributed by atoms with Crippen molar-refractivity contribution in [3.63, 3.8) is 0 Å². The Hall–Kier alpha value is -2.23. The molecule has 0 N–H and O–H groups in total. The van der Waals surface area contributed by atoms with Gasteiger partial charge in [-0.2, -0.15) is 18.4 Å². The van der Waals surface area contributed by atoms with Gasteiger partial charge in [-0.25, -0.2) is 0 Å². The fraction of sp³-hybridized carbons (Fsp3) is 0.619. The number of carbonyl (C=O) groups is 1. The molecule has 0 aromatic heterocycles. The second-order valence-corrected chi connectivity index (χ2v) is 8.42. The number of unbranched alkanes of at least 4 members (excludes halogenated alkanes) is 1. The summed E-state index contributed by atoms with van der Waals surface area (Å²) in [5, 5.41) is 9.06. The molecular formula is C21H30F3N3O. The van der Waals surface area contributed by atoms with Crippen molar-refractivity contribution < 1.29 is 18.0 Å². The molecule has 28 heavy (non-hydrogen) atoms. The third-order valence-electron chi connectivity index (χ3n) is 4.34. The van der Waals surface area contributed by atoms with E-state index in [-0.39, 0.29) is 11.3 Å². The molecule has 1 atom stereocenters. The minimum atomic E-state index is -4.64. The average Bonchev–Trinajstić information content (AvgIpc) is 2.58. The molecule has 0 saturated carbocycles. The van der Waals surface area contributed by atoms with E-state index in [2.05, 4.69) is 0 Å². The summed E-state index contributed by atoms with van der Waals surface area (Å²) in [6.07, 6.45) is -2.43. The smallest absolute Gasteiger partial charge is 0.359 e. The molecule has 0 bridgehead atoms. The summed E-state index contributed by atoms with van der Waals surface area (Å²) in [6.45, 7) is 8.35. The van der Waals surface area contributed by atoms with Crippen LogP contribution >= 0.6 is 0 Å². The number of hydrogen-bond donors (Lipinski definition) is 0. The number of anilines is 1. The SMILES string of the molecule is CCCC[C@@H](C(=O)N(C)C)N(CC(C)(C)C)c1ccc(C#N)c(C(F)(F)F)c1. The fourth-order valence-electron chi connectivity index (χ4n) is 3.04. The molecule has 0 unspecified atom stereocenters. The van der Waals surface area contributed by atoms with Gasteiger partial charge in [0.25, 0.3) is 0 Å². The zero-order chi connectivity index (χ0) is 21.7. The molecule has 1 rings (SSSR count). The molecule has 0 aliphatic rings. The van der Waals surface area contributed by atoms with Crippen molar-refractivity contribution in [2.24, 2.45) is 5.41 Å². The zero-order valence-corrected chi connectivity index (χ0v) is 17.5. The lowest BCUT2D eigenvalue weighted by Crippen LogP contribution is -2.49. The van der Waals surface area contributed by atoms with Crippen molar-refractivity contribution in [3.05, 3.63) is 29.3 Å². The Morgan fingerprint density at radius 1 is 1.21 bits per heavy atom. The Morgan fingerprint density at radius 3 is 2.25 bits per heavy atom. The van der Waals surface area contributed by atoms with Crippen LogP contribution in [0.1, 0.15) is 58.1 Å². The summed E-state index contributed by atoms with van der Waals surface area (Å²) in [5.74, 6) is -0.143. The van der Waals surface area contributed by atoms with Crippen LogP contribution in [0.4, 0.5) is 18.9 Å². The van der Waals surface area contributed by atoms with Crippen LogP contribution in [-0.4, -0.2) is 37.5 Å². The first kappa shape index (κ1) is 23.8. The number of halogens is 3. The first-order valence-corrected chi connectivity index (χ1v) is 9.41. The van der Waals surface area contributed by atoms with Crippen molar-refractivity contribution in [2.45, 2.75) is 59.2 Å². The number of alkyl halides is 3. The normalized spacial score (nSPS) is 13.0. The molecule has 1 aromatic rings. The molecule has 0 aliphatic heterocycles. The van der Waals surface area contributed by atoms with E-state index in [1.165, 1.54) is 17.0 Å². The predicted molar refractivity (Wildman–Crippen MR) is 105 cm³/mol. The van der Waals surface area contributed by atoms with E-state index in [0.29, 0.717) is 18.7 Å². The zero-order valence-electron chi connectivity index (χ0n) is 17.5. The Labute approximate surface area is 165 Å². The third kappa shape index (κ3) is 6.43. The van der Waals surface area contributed by atoms with E-state index in [1.807, 2.05) is 27.7 Å². The lowest BCUT2D eigenvalue weighted by atomic mass is 9.93. The summed E-state index contributed by atoms with van der Waals surface area (Å²) in [7, 11) is 3.30. The summed E-state index contributed by atoms with van der Waals surface area (Å²) in [4.78, 5) is 16.1. The van der Waals surface area contributed by atoms with Gasteiger partial charge in [-0.3, -0.25) is 4.79 Å². The molecule has 0 spiro atoms. The van der Waals surface area contributed by atoms with E-state index in [1.54, 1.807) is 25.1 Å². The van der Waals surface area contributed by atoms with Gasteiger partial charge in [-0.1, -0.05) is 40.5 Å².